The van der Waals surface area contributed by atoms with Crippen molar-refractivity contribution in [3.8, 4) is 0 Å². The quantitative estimate of drug-likeness (QED) is 0.165. The highest BCUT2D eigenvalue weighted by Gasteiger charge is 2.04. The smallest absolute Gasteiger partial charge is 0.243 e. The molecule has 0 aromatic rings. The number of thioether (sulfide) groups is 1. The monoisotopic (exact) mass is 456 g/mol. The minimum atomic E-state index is -0.00603. The van der Waals surface area contributed by atoms with Crippen LogP contribution < -0.4 is 10.6 Å². The zero-order chi connectivity index (χ0) is 16.8. The topological polar surface area (TPSA) is 56.7 Å². The molecule has 0 aliphatic heterocycles. The number of nitrogens with zero attached hydrogens (tertiary/aromatic N) is 2. The molecule has 5 nitrogen and oxygen atoms in total. The molecule has 0 aromatic heterocycles. The van der Waals surface area contributed by atoms with E-state index in [4.69, 9.17) is 0 Å². The van der Waals surface area contributed by atoms with Crippen molar-refractivity contribution in [2.24, 2.45) is 4.99 Å². The molecule has 0 aliphatic rings. The number of nitrogens with one attached hydrogen (secondary N) is 2. The van der Waals surface area contributed by atoms with Gasteiger partial charge < -0.3 is 15.5 Å². The first-order valence-electron chi connectivity index (χ1n) is 7.83. The predicted octanol–water partition coefficient (Wildman–Crippen LogP) is 2.73. The van der Waals surface area contributed by atoms with Crippen molar-refractivity contribution in [1.82, 2.24) is 15.5 Å². The highest BCUT2D eigenvalue weighted by Crippen LogP contribution is 2.03. The highest BCUT2D eigenvalue weighted by molar-refractivity contribution is 14.0. The Bertz CT molecular complexity index is 362. The second-order valence-electron chi connectivity index (χ2n) is 5.60. The maximum atomic E-state index is 11.6. The Hall–Kier alpha value is -0.440. The van der Waals surface area contributed by atoms with Gasteiger partial charge in [-0.1, -0.05) is 25.0 Å². The number of hydrogen-bond acceptors (Lipinski definition) is 3. The third kappa shape index (κ3) is 16.2. The van der Waals surface area contributed by atoms with E-state index in [1.807, 2.05) is 18.7 Å². The second kappa shape index (κ2) is 16.4. The third-order valence-electron chi connectivity index (χ3n) is 3.00. The summed E-state index contributed by atoms with van der Waals surface area (Å²) < 4.78 is 0. The zero-order valence-electron chi connectivity index (χ0n) is 15.0. The number of likely N-dealkylation sites (N-methyl/N-ethyl adjacent to an activating group) is 1. The van der Waals surface area contributed by atoms with Gasteiger partial charge >= 0.3 is 0 Å². The number of hydrogen-bond donors (Lipinski definition) is 2. The molecule has 0 spiro atoms. The molecule has 0 radical (unpaired) electrons. The summed E-state index contributed by atoms with van der Waals surface area (Å²) in [5.74, 6) is 1.92. The molecule has 7 heteroatoms. The molecule has 0 aromatic carbocycles. The molecule has 0 aliphatic carbocycles. The van der Waals surface area contributed by atoms with Gasteiger partial charge in [0.05, 0.1) is 0 Å². The van der Waals surface area contributed by atoms with Crippen LogP contribution in [0.25, 0.3) is 0 Å². The van der Waals surface area contributed by atoms with Crippen LogP contribution >= 0.6 is 35.7 Å². The van der Waals surface area contributed by atoms with Crippen LogP contribution in [0.4, 0.5) is 0 Å². The van der Waals surface area contributed by atoms with E-state index in [1.165, 1.54) is 25.0 Å². The lowest BCUT2D eigenvalue weighted by Gasteiger charge is -2.13. The number of halogens is 1. The Labute approximate surface area is 163 Å². The van der Waals surface area contributed by atoms with E-state index in [0.717, 1.165) is 18.5 Å². The number of carbonyl (C=O) groups is 1. The van der Waals surface area contributed by atoms with Gasteiger partial charge in [-0.05, 0) is 31.8 Å². The molecular weight excluding hydrogens is 423 g/mol. The largest absolute Gasteiger partial charge is 0.356 e. The van der Waals surface area contributed by atoms with Crippen LogP contribution in [-0.2, 0) is 4.79 Å². The molecule has 0 heterocycles. The molecule has 0 bridgehead atoms. The standard InChI is InChI=1S/C16H32N4OS.HI/c1-14(2)12-18-16(19-13-15(21)20(3)4)17-10-8-6-7-9-11-22-5;/h1,6-13H2,2-5H3,(H2,17,18,19);1H. The number of rotatable bonds is 11. The van der Waals surface area contributed by atoms with Crippen LogP contribution in [-0.4, -0.2) is 62.5 Å². The lowest BCUT2D eigenvalue weighted by atomic mass is 10.2. The van der Waals surface area contributed by atoms with Crippen LogP contribution in [0.2, 0.25) is 0 Å². The van der Waals surface area contributed by atoms with E-state index in [0.29, 0.717) is 12.5 Å². The summed E-state index contributed by atoms with van der Waals surface area (Å²) in [6, 6.07) is 0. The Morgan fingerprint density at radius 1 is 1.17 bits per heavy atom. The average molecular weight is 456 g/mol. The number of carbonyl (C=O) groups excluding carboxylic acids is 1. The van der Waals surface area contributed by atoms with Crippen molar-refractivity contribution >= 4 is 47.6 Å². The fourth-order valence-corrected chi connectivity index (χ4v) is 2.12. The van der Waals surface area contributed by atoms with Crippen LogP contribution in [0.15, 0.2) is 17.1 Å². The van der Waals surface area contributed by atoms with Gasteiger partial charge in [-0.15, -0.1) is 24.0 Å². The van der Waals surface area contributed by atoms with Gasteiger partial charge in [0.1, 0.15) is 6.54 Å². The van der Waals surface area contributed by atoms with Crippen LogP contribution in [0.3, 0.4) is 0 Å². The molecule has 136 valence electrons. The van der Waals surface area contributed by atoms with E-state index in [9.17, 15) is 4.79 Å². The first-order chi connectivity index (χ1) is 10.5. The lowest BCUT2D eigenvalue weighted by Crippen LogP contribution is -2.39. The minimum absolute atomic E-state index is 0. The number of aliphatic imine (C=N–C) groups is 1. The van der Waals surface area contributed by atoms with Gasteiger partial charge in [0.2, 0.25) is 5.91 Å². The van der Waals surface area contributed by atoms with Gasteiger partial charge in [0.15, 0.2) is 5.96 Å². The summed E-state index contributed by atoms with van der Waals surface area (Å²) in [4.78, 5) is 17.5. The Morgan fingerprint density at radius 3 is 2.39 bits per heavy atom. The maximum Gasteiger partial charge on any atom is 0.243 e. The van der Waals surface area contributed by atoms with Crippen molar-refractivity contribution in [2.45, 2.75) is 32.6 Å². The molecule has 0 saturated heterocycles. The molecular formula is C16H33IN4OS. The molecule has 2 N–H and O–H groups in total. The van der Waals surface area contributed by atoms with Crippen molar-refractivity contribution in [1.29, 1.82) is 0 Å². The van der Waals surface area contributed by atoms with E-state index in [2.05, 4.69) is 28.5 Å². The van der Waals surface area contributed by atoms with Gasteiger partial charge in [0.25, 0.3) is 0 Å². The van der Waals surface area contributed by atoms with Gasteiger partial charge in [-0.2, -0.15) is 11.8 Å². The minimum Gasteiger partial charge on any atom is -0.356 e. The fourth-order valence-electron chi connectivity index (χ4n) is 1.63. The predicted molar refractivity (Wildman–Crippen MR) is 114 cm³/mol. The van der Waals surface area contributed by atoms with Gasteiger partial charge in [-0.3, -0.25) is 4.79 Å². The third-order valence-corrected chi connectivity index (χ3v) is 3.69. The van der Waals surface area contributed by atoms with Gasteiger partial charge in [-0.25, -0.2) is 4.99 Å². The van der Waals surface area contributed by atoms with Crippen molar-refractivity contribution in [2.75, 3.05) is 45.7 Å². The fraction of sp³-hybridized carbons (Fsp3) is 0.750. The number of amides is 1. The van der Waals surface area contributed by atoms with Crippen molar-refractivity contribution in [3.05, 3.63) is 12.2 Å². The normalized spacial score (nSPS) is 10.7. The summed E-state index contributed by atoms with van der Waals surface area (Å²) >= 11 is 1.90. The summed E-state index contributed by atoms with van der Waals surface area (Å²) in [6.45, 7) is 7.52. The summed E-state index contributed by atoms with van der Waals surface area (Å²) in [5, 5.41) is 6.47. The van der Waals surface area contributed by atoms with Crippen LogP contribution in [0.5, 0.6) is 0 Å². The highest BCUT2D eigenvalue weighted by atomic mass is 127. The molecule has 0 saturated carbocycles. The molecule has 0 fully saturated rings. The number of unbranched alkanes of at least 4 members (excludes halogenated alkanes) is 3. The molecule has 23 heavy (non-hydrogen) atoms. The maximum absolute atomic E-state index is 11.6. The van der Waals surface area contributed by atoms with Crippen molar-refractivity contribution in [3.63, 3.8) is 0 Å². The number of guanidine groups is 1. The average Bonchev–Trinajstić information content (AvgIpc) is 2.47. The summed E-state index contributed by atoms with van der Waals surface area (Å²) in [6.07, 6.45) is 7.04. The van der Waals surface area contributed by atoms with E-state index in [1.54, 1.807) is 19.0 Å². The SMILES string of the molecule is C=C(C)CNC(=NCC(=O)N(C)C)NCCCCCCSC.I. The van der Waals surface area contributed by atoms with E-state index >= 15 is 0 Å². The Kier molecular flexibility index (Phi) is 17.7. The van der Waals surface area contributed by atoms with E-state index < -0.39 is 0 Å². The van der Waals surface area contributed by atoms with E-state index in [-0.39, 0.29) is 36.4 Å². The molecule has 0 rings (SSSR count). The van der Waals surface area contributed by atoms with Gasteiger partial charge in [0, 0.05) is 27.2 Å². The Balaban J connectivity index is 0. The second-order valence-corrected chi connectivity index (χ2v) is 6.58. The Morgan fingerprint density at radius 2 is 1.83 bits per heavy atom. The molecule has 0 atom stereocenters. The molecule has 0 unspecified atom stereocenters. The molecule has 1 amide bonds. The first-order valence-corrected chi connectivity index (χ1v) is 9.22. The zero-order valence-corrected chi connectivity index (χ0v) is 18.1. The summed E-state index contributed by atoms with van der Waals surface area (Å²) in [5.41, 5.74) is 1.03. The summed E-state index contributed by atoms with van der Waals surface area (Å²) in [7, 11) is 3.47. The van der Waals surface area contributed by atoms with Crippen molar-refractivity contribution < 1.29 is 4.79 Å². The van der Waals surface area contributed by atoms with Crippen LogP contribution in [0, 0.1) is 0 Å². The first kappa shape index (κ1) is 24.8. The van der Waals surface area contributed by atoms with Crippen LogP contribution in [0.1, 0.15) is 32.6 Å². The lowest BCUT2D eigenvalue weighted by molar-refractivity contribution is -0.127.